The van der Waals surface area contributed by atoms with Gasteiger partial charge in [0.25, 0.3) is 0 Å². The van der Waals surface area contributed by atoms with E-state index < -0.39 is 6.04 Å². The minimum absolute atomic E-state index is 0.0694. The second kappa shape index (κ2) is 12.2. The largest absolute Gasteiger partial charge is 0.368 e. The molecule has 0 atom stereocenters. The van der Waals surface area contributed by atoms with E-state index in [2.05, 4.69) is 40.1 Å². The smallest absolute Gasteiger partial charge is 0.301 e. The van der Waals surface area contributed by atoms with E-state index in [-0.39, 0.29) is 12.2 Å². The Hall–Kier alpha value is -2.87. The normalized spacial score (nSPS) is 15.8. The number of carbonyl (C=O) groups excluding carboxylic acids is 1. The van der Waals surface area contributed by atoms with E-state index in [1.807, 2.05) is 13.1 Å². The summed E-state index contributed by atoms with van der Waals surface area (Å²) in [4.78, 5) is 20.4. The Morgan fingerprint density at radius 1 is 1.20 bits per heavy atom. The van der Waals surface area contributed by atoms with Crippen LogP contribution in [0.3, 0.4) is 0 Å². The number of pyridine rings is 2. The first kappa shape index (κ1) is 26.7. The van der Waals surface area contributed by atoms with Gasteiger partial charge < -0.3 is 14.6 Å². The lowest BCUT2D eigenvalue weighted by atomic mass is 10.0. The third-order valence-corrected chi connectivity index (χ3v) is 6.32. The molecule has 1 saturated heterocycles. The maximum absolute atomic E-state index is 12.9. The zero-order valence-corrected chi connectivity index (χ0v) is 21.3. The van der Waals surface area contributed by atoms with Gasteiger partial charge in [0.1, 0.15) is 0 Å². The average Bonchev–Trinajstić information content (AvgIpc) is 3.43. The molecule has 190 valence electrons. The van der Waals surface area contributed by atoms with Gasteiger partial charge in [0, 0.05) is 61.6 Å². The predicted octanol–water partition coefficient (Wildman–Crippen LogP) is 5.35. The predicted molar refractivity (Wildman–Crippen MR) is 136 cm³/mol. The second-order valence-corrected chi connectivity index (χ2v) is 9.35. The number of hydrogen-bond donors (Lipinski definition) is 1. The molecule has 1 saturated carbocycles. The molecule has 0 unspecified atom stereocenters. The van der Waals surface area contributed by atoms with Gasteiger partial charge in [0.2, 0.25) is 0 Å². The summed E-state index contributed by atoms with van der Waals surface area (Å²) in [6.45, 7) is 11.4. The van der Waals surface area contributed by atoms with Gasteiger partial charge in [-0.3, -0.25) is 9.78 Å². The Morgan fingerprint density at radius 2 is 1.97 bits per heavy atom. The number of rotatable bonds is 5. The number of aromatic nitrogens is 3. The third kappa shape index (κ3) is 7.31. The number of nitrogens with zero attached hydrogens (tertiary/aromatic N) is 4. The van der Waals surface area contributed by atoms with Crippen LogP contribution in [-0.4, -0.2) is 45.6 Å². The molecule has 1 spiro atoms. The van der Waals surface area contributed by atoms with Crippen molar-refractivity contribution in [2.45, 2.75) is 71.8 Å². The van der Waals surface area contributed by atoms with E-state index in [0.717, 1.165) is 25.2 Å². The zero-order chi connectivity index (χ0) is 25.4. The first-order valence-electron chi connectivity index (χ1n) is 12.5. The van der Waals surface area contributed by atoms with Crippen molar-refractivity contribution >= 4 is 17.4 Å². The van der Waals surface area contributed by atoms with E-state index >= 15 is 0 Å². The monoisotopic (exact) mass is 485 g/mol. The van der Waals surface area contributed by atoms with Crippen LogP contribution in [-0.2, 0) is 11.2 Å². The van der Waals surface area contributed by atoms with E-state index in [9.17, 15) is 13.6 Å². The number of imidazole rings is 1. The molecule has 6 nitrogen and oxygen atoms in total. The maximum Gasteiger partial charge on any atom is 0.301 e. The number of halogens is 2. The highest BCUT2D eigenvalue weighted by Crippen LogP contribution is 2.39. The van der Waals surface area contributed by atoms with Gasteiger partial charge in [-0.05, 0) is 63.3 Å². The van der Waals surface area contributed by atoms with Crippen molar-refractivity contribution in [3.05, 3.63) is 59.6 Å². The summed E-state index contributed by atoms with van der Waals surface area (Å²) in [7, 11) is 0. The average molecular weight is 486 g/mol. The van der Waals surface area contributed by atoms with Crippen LogP contribution in [0.15, 0.2) is 36.8 Å². The molecule has 8 heteroatoms. The van der Waals surface area contributed by atoms with Crippen LogP contribution < -0.4 is 10.2 Å². The van der Waals surface area contributed by atoms with Crippen molar-refractivity contribution in [1.29, 1.82) is 0 Å². The molecule has 1 aliphatic heterocycles. The number of aryl methyl sites for hydroxylation is 2. The molecule has 4 heterocycles. The lowest BCUT2D eigenvalue weighted by Crippen LogP contribution is -2.52. The Labute approximate surface area is 206 Å². The fourth-order valence-corrected chi connectivity index (χ4v) is 4.38. The molecule has 0 radical (unpaired) electrons. The number of hydrogen-bond acceptors (Lipinski definition) is 5. The van der Waals surface area contributed by atoms with Crippen LogP contribution in [0.2, 0.25) is 0 Å². The van der Waals surface area contributed by atoms with Crippen molar-refractivity contribution in [3.8, 4) is 0 Å². The van der Waals surface area contributed by atoms with E-state index in [0.29, 0.717) is 17.6 Å². The number of carbonyl (C=O) groups is 1. The van der Waals surface area contributed by atoms with Crippen LogP contribution in [0, 0.1) is 19.7 Å². The van der Waals surface area contributed by atoms with Crippen LogP contribution >= 0.6 is 0 Å². The number of nitrogens with one attached hydrogen (secondary N) is 1. The van der Waals surface area contributed by atoms with E-state index in [1.54, 1.807) is 29.8 Å². The summed E-state index contributed by atoms with van der Waals surface area (Å²) in [5.74, 6) is -0.277. The molecule has 0 bridgehead atoms. The lowest BCUT2D eigenvalue weighted by molar-refractivity contribution is -0.129. The van der Waals surface area contributed by atoms with Crippen molar-refractivity contribution in [1.82, 2.24) is 19.7 Å². The van der Waals surface area contributed by atoms with Crippen LogP contribution in [0.4, 0.5) is 14.5 Å². The first-order valence-corrected chi connectivity index (χ1v) is 12.5. The minimum Gasteiger partial charge on any atom is -0.368 e. The SMILES string of the molecule is CCCC(=O)F.CCCc1c(N2CCNC3(CC3)C2)ccnc1C.Cc1cn2cccc(F)c2n1. The fourth-order valence-electron chi connectivity index (χ4n) is 4.38. The lowest BCUT2D eigenvalue weighted by Gasteiger charge is -2.37. The molecule has 1 N–H and O–H groups in total. The van der Waals surface area contributed by atoms with Gasteiger partial charge >= 0.3 is 6.04 Å². The number of piperazine rings is 1. The quantitative estimate of drug-likeness (QED) is 0.494. The first-order chi connectivity index (χ1) is 16.8. The van der Waals surface area contributed by atoms with Gasteiger partial charge in [0.15, 0.2) is 11.5 Å². The number of fused-ring (bicyclic) bond motifs is 1. The fraction of sp³-hybridized carbons (Fsp3) is 0.519. The Bertz CT molecular complexity index is 1130. The number of anilines is 1. The summed E-state index contributed by atoms with van der Waals surface area (Å²) in [5.41, 5.74) is 5.76. The molecular weight excluding hydrogens is 448 g/mol. The van der Waals surface area contributed by atoms with Gasteiger partial charge in [-0.15, -0.1) is 0 Å². The molecule has 35 heavy (non-hydrogen) atoms. The van der Waals surface area contributed by atoms with Crippen LogP contribution in [0.25, 0.3) is 5.65 Å². The van der Waals surface area contributed by atoms with Crippen LogP contribution in [0.5, 0.6) is 0 Å². The Kier molecular flexibility index (Phi) is 9.32. The summed E-state index contributed by atoms with van der Waals surface area (Å²) in [6.07, 6.45) is 11.2. The molecule has 3 aromatic rings. The van der Waals surface area contributed by atoms with Gasteiger partial charge in [-0.25, -0.2) is 9.37 Å². The molecule has 5 rings (SSSR count). The van der Waals surface area contributed by atoms with Gasteiger partial charge in [0.05, 0.1) is 5.69 Å². The van der Waals surface area contributed by atoms with E-state index in [4.69, 9.17) is 0 Å². The van der Waals surface area contributed by atoms with Crippen LogP contribution in [0.1, 0.15) is 62.9 Å². The molecule has 0 aromatic carbocycles. The molecule has 3 aromatic heterocycles. The molecular formula is C27H37F2N5O. The summed E-state index contributed by atoms with van der Waals surface area (Å²) < 4.78 is 25.7. The molecule has 1 aliphatic carbocycles. The highest BCUT2D eigenvalue weighted by Gasteiger charge is 2.45. The Morgan fingerprint density at radius 3 is 2.57 bits per heavy atom. The second-order valence-electron chi connectivity index (χ2n) is 9.35. The summed E-state index contributed by atoms with van der Waals surface area (Å²) in [5, 5.41) is 3.68. The van der Waals surface area contributed by atoms with Crippen molar-refractivity contribution in [3.63, 3.8) is 0 Å². The zero-order valence-electron chi connectivity index (χ0n) is 21.3. The standard InChI is InChI=1S/C15H23N3.C8H7FN2.C4H7FO/c1-3-4-13-12(2)16-8-5-14(13)18-10-9-17-15(11-18)6-7-15;1-6-5-11-4-2-3-7(9)8(11)10-6;1-2-3-4(5)6/h5,8,17H,3-4,6-7,9-11H2,1-2H3;2-5H,1H3;2-3H2,1H3. The van der Waals surface area contributed by atoms with Gasteiger partial charge in [-0.1, -0.05) is 20.3 Å². The summed E-state index contributed by atoms with van der Waals surface area (Å²) >= 11 is 0. The molecule has 2 fully saturated rings. The van der Waals surface area contributed by atoms with E-state index in [1.165, 1.54) is 48.8 Å². The Balaban J connectivity index is 0.000000171. The molecule has 2 aliphatic rings. The van der Waals surface area contributed by atoms with Crippen molar-refractivity contribution in [2.75, 3.05) is 24.5 Å². The summed E-state index contributed by atoms with van der Waals surface area (Å²) in [6, 6.07) is 4.06. The molecule has 0 amide bonds. The third-order valence-electron chi connectivity index (χ3n) is 6.32. The highest BCUT2D eigenvalue weighted by atomic mass is 19.1. The van der Waals surface area contributed by atoms with Gasteiger partial charge in [-0.2, -0.15) is 4.39 Å². The highest BCUT2D eigenvalue weighted by molar-refractivity contribution is 5.67. The van der Waals surface area contributed by atoms with Crippen molar-refractivity contribution < 1.29 is 13.6 Å². The van der Waals surface area contributed by atoms with Crippen molar-refractivity contribution in [2.24, 2.45) is 0 Å². The topological polar surface area (TPSA) is 62.5 Å². The maximum atomic E-state index is 12.9. The minimum atomic E-state index is -1.21.